The van der Waals surface area contributed by atoms with E-state index in [9.17, 15) is 0 Å². The predicted octanol–water partition coefficient (Wildman–Crippen LogP) is 3.10. The van der Waals surface area contributed by atoms with Gasteiger partial charge < -0.3 is 4.74 Å². The van der Waals surface area contributed by atoms with Crippen LogP contribution in [0.25, 0.3) is 0 Å². The van der Waals surface area contributed by atoms with Crippen LogP contribution >= 0.6 is 0 Å². The highest BCUT2D eigenvalue weighted by molar-refractivity contribution is 5.95. The molecule has 2 nitrogen and oxygen atoms in total. The largest absolute Gasteiger partial charge is 0.475 e. The highest BCUT2D eigenvalue weighted by Gasteiger charge is 2.22. The molecule has 0 unspecified atom stereocenters. The first-order valence-electron chi connectivity index (χ1n) is 5.86. The van der Waals surface area contributed by atoms with Crippen molar-refractivity contribution in [2.24, 2.45) is 10.9 Å². The Bertz CT molecular complexity index is 421. The zero-order chi connectivity index (χ0) is 11.7. The Morgan fingerprint density at radius 1 is 1.25 bits per heavy atom. The normalized spacial score (nSPS) is 19.8. The standard InChI is InChI=1S/C14H19NO/c1-9(2)13-8-16-14(15-13)12-6-5-10(3)11(4)7-12/h5-7,9,13H,8H2,1-4H3/t13-/m1/s1. The SMILES string of the molecule is Cc1ccc(C2=N[C@@H](C(C)C)CO2)cc1C. The van der Waals surface area contributed by atoms with E-state index in [-0.39, 0.29) is 0 Å². The number of hydrogen-bond acceptors (Lipinski definition) is 2. The lowest BCUT2D eigenvalue weighted by Crippen LogP contribution is -2.13. The van der Waals surface area contributed by atoms with Crippen LogP contribution in [-0.4, -0.2) is 18.5 Å². The van der Waals surface area contributed by atoms with E-state index in [0.717, 1.165) is 18.1 Å². The van der Waals surface area contributed by atoms with E-state index in [4.69, 9.17) is 4.74 Å². The highest BCUT2D eigenvalue weighted by Crippen LogP contribution is 2.19. The van der Waals surface area contributed by atoms with E-state index in [1.165, 1.54) is 11.1 Å². The third-order valence-corrected chi connectivity index (χ3v) is 3.20. The van der Waals surface area contributed by atoms with Gasteiger partial charge in [-0.3, -0.25) is 0 Å². The zero-order valence-electron chi connectivity index (χ0n) is 10.4. The summed E-state index contributed by atoms with van der Waals surface area (Å²) < 4.78 is 5.66. The highest BCUT2D eigenvalue weighted by atomic mass is 16.5. The van der Waals surface area contributed by atoms with Crippen LogP contribution in [0.2, 0.25) is 0 Å². The number of nitrogens with zero attached hydrogens (tertiary/aromatic N) is 1. The number of rotatable bonds is 2. The average Bonchev–Trinajstić information content (AvgIpc) is 2.71. The molecule has 86 valence electrons. The Balaban J connectivity index is 2.25. The minimum Gasteiger partial charge on any atom is -0.475 e. The number of benzene rings is 1. The second-order valence-corrected chi connectivity index (χ2v) is 4.86. The van der Waals surface area contributed by atoms with E-state index in [0.29, 0.717) is 12.0 Å². The van der Waals surface area contributed by atoms with Gasteiger partial charge >= 0.3 is 0 Å². The summed E-state index contributed by atoms with van der Waals surface area (Å²) in [5, 5.41) is 0. The third-order valence-electron chi connectivity index (χ3n) is 3.20. The van der Waals surface area contributed by atoms with Crippen LogP contribution in [0.1, 0.15) is 30.5 Å². The Hall–Kier alpha value is -1.31. The minimum atomic E-state index is 0.316. The number of ether oxygens (including phenoxy) is 1. The van der Waals surface area contributed by atoms with Gasteiger partial charge in [-0.2, -0.15) is 0 Å². The van der Waals surface area contributed by atoms with Crippen molar-refractivity contribution in [3.8, 4) is 0 Å². The van der Waals surface area contributed by atoms with Crippen LogP contribution in [0.3, 0.4) is 0 Å². The van der Waals surface area contributed by atoms with Crippen LogP contribution in [0.5, 0.6) is 0 Å². The van der Waals surface area contributed by atoms with Gasteiger partial charge in [-0.15, -0.1) is 0 Å². The lowest BCUT2D eigenvalue weighted by Gasteiger charge is -2.06. The fraction of sp³-hybridized carbons (Fsp3) is 0.500. The maximum Gasteiger partial charge on any atom is 0.216 e. The third kappa shape index (κ3) is 2.11. The average molecular weight is 217 g/mol. The summed E-state index contributed by atoms with van der Waals surface area (Å²) in [7, 11) is 0. The molecule has 1 aliphatic heterocycles. The molecule has 2 heteroatoms. The van der Waals surface area contributed by atoms with Crippen LogP contribution in [0.4, 0.5) is 0 Å². The van der Waals surface area contributed by atoms with Crippen molar-refractivity contribution in [2.75, 3.05) is 6.61 Å². The molecule has 0 aliphatic carbocycles. The molecule has 0 spiro atoms. The molecule has 1 aliphatic rings. The molecule has 0 saturated carbocycles. The topological polar surface area (TPSA) is 21.6 Å². The molecule has 1 aromatic rings. The van der Waals surface area contributed by atoms with Crippen molar-refractivity contribution in [2.45, 2.75) is 33.7 Å². The van der Waals surface area contributed by atoms with Gasteiger partial charge in [-0.1, -0.05) is 19.9 Å². The molecule has 0 N–H and O–H groups in total. The summed E-state index contributed by atoms with van der Waals surface area (Å²) in [6.45, 7) is 9.32. The molecule has 0 bridgehead atoms. The number of aliphatic imine (C=N–C) groups is 1. The summed E-state index contributed by atoms with van der Waals surface area (Å²) in [6.07, 6.45) is 0. The lowest BCUT2D eigenvalue weighted by atomic mass is 10.1. The molecule has 2 rings (SSSR count). The van der Waals surface area contributed by atoms with Crippen LogP contribution < -0.4 is 0 Å². The minimum absolute atomic E-state index is 0.316. The smallest absolute Gasteiger partial charge is 0.216 e. The monoisotopic (exact) mass is 217 g/mol. The van der Waals surface area contributed by atoms with Crippen molar-refractivity contribution in [3.63, 3.8) is 0 Å². The Morgan fingerprint density at radius 3 is 2.56 bits per heavy atom. The van der Waals surface area contributed by atoms with Gasteiger partial charge in [0.1, 0.15) is 6.61 Å². The van der Waals surface area contributed by atoms with Crippen molar-refractivity contribution < 1.29 is 4.74 Å². The first kappa shape index (κ1) is 11.2. The molecule has 0 aromatic heterocycles. The van der Waals surface area contributed by atoms with E-state index in [1.54, 1.807) is 0 Å². The van der Waals surface area contributed by atoms with Gasteiger partial charge in [-0.25, -0.2) is 4.99 Å². The van der Waals surface area contributed by atoms with E-state index in [2.05, 4.69) is 50.9 Å². The molecule has 0 radical (unpaired) electrons. The fourth-order valence-electron chi connectivity index (χ4n) is 1.76. The predicted molar refractivity (Wildman–Crippen MR) is 67.0 cm³/mol. The van der Waals surface area contributed by atoms with Gasteiger partial charge in [0.05, 0.1) is 6.04 Å². The van der Waals surface area contributed by atoms with Gasteiger partial charge in [0.2, 0.25) is 5.90 Å². The molecule has 0 fully saturated rings. The lowest BCUT2D eigenvalue weighted by molar-refractivity contribution is 0.292. The van der Waals surface area contributed by atoms with Crippen LogP contribution in [0.15, 0.2) is 23.2 Å². The first-order valence-corrected chi connectivity index (χ1v) is 5.86. The van der Waals surface area contributed by atoms with E-state index in [1.807, 2.05) is 0 Å². The van der Waals surface area contributed by atoms with E-state index >= 15 is 0 Å². The molecule has 1 atom stereocenters. The molecule has 0 saturated heterocycles. The van der Waals surface area contributed by atoms with Crippen molar-refractivity contribution >= 4 is 5.90 Å². The summed E-state index contributed by atoms with van der Waals surface area (Å²) >= 11 is 0. The summed E-state index contributed by atoms with van der Waals surface area (Å²) in [5.41, 5.74) is 3.70. The second kappa shape index (κ2) is 4.28. The van der Waals surface area contributed by atoms with Gasteiger partial charge in [0.25, 0.3) is 0 Å². The maximum absolute atomic E-state index is 5.66. The molecule has 0 amide bonds. The molecule has 16 heavy (non-hydrogen) atoms. The first-order chi connectivity index (χ1) is 7.58. The molecule has 1 aromatic carbocycles. The van der Waals surface area contributed by atoms with Crippen LogP contribution in [-0.2, 0) is 4.74 Å². The Labute approximate surface area is 97.4 Å². The Kier molecular flexibility index (Phi) is 2.99. The fourth-order valence-corrected chi connectivity index (χ4v) is 1.76. The summed E-state index contributed by atoms with van der Waals surface area (Å²) in [4.78, 5) is 4.62. The van der Waals surface area contributed by atoms with Crippen molar-refractivity contribution in [1.82, 2.24) is 0 Å². The molecular weight excluding hydrogens is 198 g/mol. The molecule has 1 heterocycles. The Morgan fingerprint density at radius 2 is 2.00 bits per heavy atom. The van der Waals surface area contributed by atoms with Crippen molar-refractivity contribution in [1.29, 1.82) is 0 Å². The quantitative estimate of drug-likeness (QED) is 0.746. The van der Waals surface area contributed by atoms with Gasteiger partial charge in [0.15, 0.2) is 0 Å². The van der Waals surface area contributed by atoms with Gasteiger partial charge in [-0.05, 0) is 43.0 Å². The van der Waals surface area contributed by atoms with Crippen LogP contribution in [0, 0.1) is 19.8 Å². The van der Waals surface area contributed by atoms with E-state index < -0.39 is 0 Å². The summed E-state index contributed by atoms with van der Waals surface area (Å²) in [5.74, 6) is 1.35. The maximum atomic E-state index is 5.66. The molecular formula is C14H19NO. The van der Waals surface area contributed by atoms with Crippen molar-refractivity contribution in [3.05, 3.63) is 34.9 Å². The zero-order valence-corrected chi connectivity index (χ0v) is 10.4. The van der Waals surface area contributed by atoms with Gasteiger partial charge in [0, 0.05) is 5.56 Å². The number of hydrogen-bond donors (Lipinski definition) is 0. The second-order valence-electron chi connectivity index (χ2n) is 4.86. The summed E-state index contributed by atoms with van der Waals surface area (Å²) in [6, 6.07) is 6.68. The number of aryl methyl sites for hydroxylation is 2.